The first-order valence-corrected chi connectivity index (χ1v) is 8.96. The van der Waals surface area contributed by atoms with E-state index in [2.05, 4.69) is 4.90 Å². The van der Waals surface area contributed by atoms with Crippen LogP contribution in [0.3, 0.4) is 0 Å². The summed E-state index contributed by atoms with van der Waals surface area (Å²) in [5.74, 6) is 0. The van der Waals surface area contributed by atoms with Crippen LogP contribution in [0.1, 0.15) is 32.1 Å². The van der Waals surface area contributed by atoms with Gasteiger partial charge in [-0.05, 0) is 50.0 Å². The highest BCUT2D eigenvalue weighted by molar-refractivity contribution is 7.83. The molecule has 0 aromatic heterocycles. The Labute approximate surface area is 109 Å². The molecule has 1 atom stereocenters. The van der Waals surface area contributed by atoms with E-state index in [-0.39, 0.29) is 0 Å². The smallest absolute Gasteiger partial charge is 0.309 e. The molecular formula is C11H22ClN2O2P. The molecule has 2 rings (SSSR count). The summed E-state index contributed by atoms with van der Waals surface area (Å²) in [4.78, 5) is 2.59. The van der Waals surface area contributed by atoms with Crippen molar-refractivity contribution in [1.29, 1.82) is 0 Å². The third-order valence-electron chi connectivity index (χ3n) is 3.91. The van der Waals surface area contributed by atoms with Crippen LogP contribution in [0.2, 0.25) is 0 Å². The summed E-state index contributed by atoms with van der Waals surface area (Å²) in [6.07, 6.45) is 6.13. The summed E-state index contributed by atoms with van der Waals surface area (Å²) in [6.45, 7) is 1.01. The molecule has 0 aromatic carbocycles. The van der Waals surface area contributed by atoms with Crippen LogP contribution in [0.5, 0.6) is 0 Å². The molecule has 6 heteroatoms. The molecule has 17 heavy (non-hydrogen) atoms. The lowest BCUT2D eigenvalue weighted by atomic mass is 10.0. The first-order chi connectivity index (χ1) is 8.13. The van der Waals surface area contributed by atoms with Gasteiger partial charge in [0.1, 0.15) is 0 Å². The maximum Gasteiger partial charge on any atom is 0.362 e. The van der Waals surface area contributed by atoms with Gasteiger partial charge < -0.3 is 9.42 Å². The van der Waals surface area contributed by atoms with Crippen LogP contribution in [0.15, 0.2) is 0 Å². The maximum atomic E-state index is 11.9. The minimum atomic E-state index is -3.03. The molecule has 0 aliphatic carbocycles. The monoisotopic (exact) mass is 280 g/mol. The number of piperidine rings is 2. The van der Waals surface area contributed by atoms with Crippen molar-refractivity contribution in [3.8, 4) is 0 Å². The van der Waals surface area contributed by atoms with E-state index in [1.54, 1.807) is 4.67 Å². The van der Waals surface area contributed by atoms with Crippen LogP contribution in [0.4, 0.5) is 0 Å². The molecule has 0 amide bonds. The molecule has 0 saturated carbocycles. The number of halogens is 1. The Morgan fingerprint density at radius 3 is 2.24 bits per heavy atom. The second kappa shape index (κ2) is 6.03. The van der Waals surface area contributed by atoms with Crippen molar-refractivity contribution < 1.29 is 9.09 Å². The number of hydrogen-bond acceptors (Lipinski definition) is 3. The quantitative estimate of drug-likeness (QED) is 0.744. The fraction of sp³-hybridized carbons (Fsp3) is 1.00. The van der Waals surface area contributed by atoms with Crippen LogP contribution in [-0.2, 0) is 9.09 Å². The van der Waals surface area contributed by atoms with Gasteiger partial charge >= 0.3 is 6.87 Å². The summed E-state index contributed by atoms with van der Waals surface area (Å²) >= 11 is 5.88. The Hall–Kier alpha value is 0.400. The lowest BCUT2D eigenvalue weighted by molar-refractivity contribution is 0.114. The van der Waals surface area contributed by atoms with Crippen LogP contribution in [0, 0.1) is 0 Å². The third kappa shape index (κ3) is 3.45. The molecular weight excluding hydrogens is 259 g/mol. The highest BCUT2D eigenvalue weighted by Gasteiger charge is 2.34. The average molecular weight is 281 g/mol. The third-order valence-corrected chi connectivity index (χ3v) is 6.49. The summed E-state index contributed by atoms with van der Waals surface area (Å²) in [5.41, 5.74) is 0. The Bertz CT molecular complexity index is 289. The lowest BCUT2D eigenvalue weighted by Gasteiger charge is -2.40. The Morgan fingerprint density at radius 2 is 1.71 bits per heavy atom. The summed E-state index contributed by atoms with van der Waals surface area (Å²) in [5, 5.41) is 0. The van der Waals surface area contributed by atoms with Crippen molar-refractivity contribution in [2.45, 2.75) is 38.1 Å². The molecule has 4 nitrogen and oxygen atoms in total. The standard InChI is InChI=1S/C11H22ClN2O2P/c1-16-17(12,15)14-9-5-11(6-10-14)13-7-3-2-4-8-13/h11H,2-10H2,1H3. The molecule has 2 aliphatic rings. The van der Waals surface area contributed by atoms with Crippen molar-refractivity contribution in [3.05, 3.63) is 0 Å². The molecule has 0 aromatic rings. The number of likely N-dealkylation sites (tertiary alicyclic amines) is 1. The average Bonchev–Trinajstić information content (AvgIpc) is 2.40. The predicted molar refractivity (Wildman–Crippen MR) is 70.5 cm³/mol. The summed E-state index contributed by atoms with van der Waals surface area (Å²) in [6, 6.07) is 0.653. The number of rotatable bonds is 3. The van der Waals surface area contributed by atoms with Gasteiger partial charge in [0, 0.05) is 26.2 Å². The normalized spacial score (nSPS) is 29.1. The van der Waals surface area contributed by atoms with Gasteiger partial charge in [-0.2, -0.15) is 0 Å². The molecule has 1 unspecified atom stereocenters. The fourth-order valence-electron chi connectivity index (χ4n) is 2.86. The second-order valence-electron chi connectivity index (χ2n) is 4.92. The van der Waals surface area contributed by atoms with E-state index in [9.17, 15) is 4.57 Å². The van der Waals surface area contributed by atoms with Crippen molar-refractivity contribution >= 4 is 18.1 Å². The number of hydrogen-bond donors (Lipinski definition) is 0. The Kier molecular flexibility index (Phi) is 4.90. The van der Waals surface area contributed by atoms with E-state index in [0.717, 1.165) is 25.9 Å². The SMILES string of the molecule is COP(=O)(Cl)N1CCC(N2CCCCC2)CC1. The van der Waals surface area contributed by atoms with Crippen LogP contribution in [0.25, 0.3) is 0 Å². The van der Waals surface area contributed by atoms with Gasteiger partial charge in [0.25, 0.3) is 0 Å². The largest absolute Gasteiger partial charge is 0.362 e. The van der Waals surface area contributed by atoms with Crippen LogP contribution >= 0.6 is 18.1 Å². The topological polar surface area (TPSA) is 32.8 Å². The predicted octanol–water partition coefficient (Wildman–Crippen LogP) is 2.93. The molecule has 0 bridgehead atoms. The zero-order chi connectivity index (χ0) is 12.3. The Balaban J connectivity index is 1.83. The minimum Gasteiger partial charge on any atom is -0.309 e. The first-order valence-electron chi connectivity index (χ1n) is 6.48. The zero-order valence-electron chi connectivity index (χ0n) is 10.5. The molecule has 0 spiro atoms. The Morgan fingerprint density at radius 1 is 1.12 bits per heavy atom. The van der Waals surface area contributed by atoms with E-state index < -0.39 is 6.87 Å². The van der Waals surface area contributed by atoms with Crippen molar-refractivity contribution in [2.75, 3.05) is 33.3 Å². The van der Waals surface area contributed by atoms with Gasteiger partial charge in [-0.1, -0.05) is 6.42 Å². The van der Waals surface area contributed by atoms with E-state index in [0.29, 0.717) is 6.04 Å². The van der Waals surface area contributed by atoms with Gasteiger partial charge in [0.2, 0.25) is 0 Å². The number of nitrogens with zero attached hydrogens (tertiary/aromatic N) is 2. The molecule has 100 valence electrons. The molecule has 0 N–H and O–H groups in total. The highest BCUT2D eigenvalue weighted by atomic mass is 35.7. The van der Waals surface area contributed by atoms with E-state index in [1.165, 1.54) is 39.5 Å². The maximum absolute atomic E-state index is 11.9. The zero-order valence-corrected chi connectivity index (χ0v) is 12.1. The molecule has 2 aliphatic heterocycles. The fourth-order valence-corrected chi connectivity index (χ4v) is 4.25. The summed E-state index contributed by atoms with van der Waals surface area (Å²) < 4.78 is 18.6. The minimum absolute atomic E-state index is 0.653. The van der Waals surface area contributed by atoms with Gasteiger partial charge in [0.15, 0.2) is 0 Å². The lowest BCUT2D eigenvalue weighted by Crippen LogP contribution is -2.45. The van der Waals surface area contributed by atoms with Crippen molar-refractivity contribution in [3.63, 3.8) is 0 Å². The van der Waals surface area contributed by atoms with E-state index >= 15 is 0 Å². The van der Waals surface area contributed by atoms with Gasteiger partial charge in [-0.25, -0.2) is 4.67 Å². The molecule has 0 radical (unpaired) electrons. The first kappa shape index (κ1) is 13.8. The van der Waals surface area contributed by atoms with Crippen molar-refractivity contribution in [2.24, 2.45) is 0 Å². The van der Waals surface area contributed by atoms with E-state index in [4.69, 9.17) is 15.8 Å². The van der Waals surface area contributed by atoms with Crippen LogP contribution < -0.4 is 0 Å². The summed E-state index contributed by atoms with van der Waals surface area (Å²) in [7, 11) is 1.42. The van der Waals surface area contributed by atoms with Crippen molar-refractivity contribution in [1.82, 2.24) is 9.57 Å². The van der Waals surface area contributed by atoms with E-state index in [1.807, 2.05) is 0 Å². The van der Waals surface area contributed by atoms with Gasteiger partial charge in [0.05, 0.1) is 0 Å². The molecule has 2 heterocycles. The van der Waals surface area contributed by atoms with Gasteiger partial charge in [-0.3, -0.25) is 4.57 Å². The second-order valence-corrected chi connectivity index (χ2v) is 8.03. The molecule has 2 saturated heterocycles. The van der Waals surface area contributed by atoms with Gasteiger partial charge in [-0.15, -0.1) is 0 Å². The highest BCUT2D eigenvalue weighted by Crippen LogP contribution is 2.56. The molecule has 2 fully saturated rings. The van der Waals surface area contributed by atoms with Crippen LogP contribution in [-0.4, -0.2) is 48.9 Å².